The van der Waals surface area contributed by atoms with Crippen LogP contribution in [0, 0.1) is 19.8 Å². The van der Waals surface area contributed by atoms with Crippen molar-refractivity contribution >= 4 is 29.2 Å². The van der Waals surface area contributed by atoms with Crippen LogP contribution in [-0.2, 0) is 16.0 Å². The second-order valence-electron chi connectivity index (χ2n) is 5.89. The fraction of sp³-hybridized carbons (Fsp3) is 0.263. The number of halogens is 1. The van der Waals surface area contributed by atoms with Gasteiger partial charge >= 0.3 is 5.97 Å². The molecule has 1 amide bonds. The lowest BCUT2D eigenvalue weighted by Crippen LogP contribution is -2.24. The molecule has 2 N–H and O–H groups in total. The molecule has 2 aromatic rings. The van der Waals surface area contributed by atoms with E-state index in [9.17, 15) is 14.7 Å². The van der Waals surface area contributed by atoms with Gasteiger partial charge in [0.1, 0.15) is 0 Å². The molecule has 0 bridgehead atoms. The molecular weight excluding hydrogens is 326 g/mol. The number of nitrogens with one attached hydrogen (secondary N) is 1. The molecule has 5 heteroatoms. The first-order chi connectivity index (χ1) is 11.4. The van der Waals surface area contributed by atoms with Crippen LogP contribution in [0.2, 0.25) is 5.02 Å². The van der Waals surface area contributed by atoms with E-state index in [4.69, 9.17) is 11.6 Å². The van der Waals surface area contributed by atoms with Gasteiger partial charge in [-0.1, -0.05) is 47.5 Å². The second-order valence-corrected chi connectivity index (χ2v) is 6.30. The minimum Gasteiger partial charge on any atom is -0.481 e. The zero-order chi connectivity index (χ0) is 17.7. The standard InChI is InChI=1S/C19H20ClNO3/c1-12-5-3-6-14(9-12)10-15(19(23)24)11-18(22)21-17-8-4-7-16(20)13(17)2/h3-9,15H,10-11H2,1-2H3,(H,21,22)(H,23,24)/t15-/m0/s1. The average Bonchev–Trinajstić information content (AvgIpc) is 2.51. The lowest BCUT2D eigenvalue weighted by molar-refractivity contribution is -0.143. The van der Waals surface area contributed by atoms with Gasteiger partial charge in [-0.15, -0.1) is 0 Å². The summed E-state index contributed by atoms with van der Waals surface area (Å²) in [5.74, 6) is -2.08. The van der Waals surface area contributed by atoms with E-state index < -0.39 is 11.9 Å². The van der Waals surface area contributed by atoms with Crippen LogP contribution in [0.5, 0.6) is 0 Å². The molecule has 0 heterocycles. The van der Waals surface area contributed by atoms with Crippen LogP contribution >= 0.6 is 11.6 Å². The summed E-state index contributed by atoms with van der Waals surface area (Å²) in [5.41, 5.74) is 3.34. The van der Waals surface area contributed by atoms with Crippen molar-refractivity contribution < 1.29 is 14.7 Å². The van der Waals surface area contributed by atoms with E-state index in [0.717, 1.165) is 16.7 Å². The Balaban J connectivity index is 2.06. The Hall–Kier alpha value is -2.33. The molecule has 0 fully saturated rings. The van der Waals surface area contributed by atoms with Crippen molar-refractivity contribution in [2.24, 2.45) is 5.92 Å². The number of hydrogen-bond acceptors (Lipinski definition) is 2. The van der Waals surface area contributed by atoms with Crippen molar-refractivity contribution in [3.63, 3.8) is 0 Å². The maximum atomic E-state index is 12.2. The molecule has 0 aromatic heterocycles. The van der Waals surface area contributed by atoms with Gasteiger partial charge in [-0.2, -0.15) is 0 Å². The fourth-order valence-electron chi connectivity index (χ4n) is 2.54. The lowest BCUT2D eigenvalue weighted by Gasteiger charge is -2.14. The molecule has 0 unspecified atom stereocenters. The summed E-state index contributed by atoms with van der Waals surface area (Å²) in [6.45, 7) is 3.76. The van der Waals surface area contributed by atoms with Gasteiger partial charge in [0, 0.05) is 17.1 Å². The fourth-order valence-corrected chi connectivity index (χ4v) is 2.71. The Labute approximate surface area is 146 Å². The third-order valence-corrected chi connectivity index (χ3v) is 4.30. The summed E-state index contributed by atoms with van der Waals surface area (Å²) in [6.07, 6.45) is 0.230. The third kappa shape index (κ3) is 4.83. The zero-order valence-corrected chi connectivity index (χ0v) is 14.4. The molecule has 24 heavy (non-hydrogen) atoms. The van der Waals surface area contributed by atoms with Gasteiger partial charge in [-0.3, -0.25) is 9.59 Å². The highest BCUT2D eigenvalue weighted by molar-refractivity contribution is 6.31. The molecule has 2 rings (SSSR count). The van der Waals surface area contributed by atoms with E-state index in [1.165, 1.54) is 0 Å². The number of rotatable bonds is 6. The van der Waals surface area contributed by atoms with Gasteiger partial charge in [0.15, 0.2) is 0 Å². The van der Waals surface area contributed by atoms with E-state index in [0.29, 0.717) is 17.1 Å². The van der Waals surface area contributed by atoms with E-state index in [1.54, 1.807) is 25.1 Å². The molecule has 2 aromatic carbocycles. The lowest BCUT2D eigenvalue weighted by atomic mass is 9.95. The van der Waals surface area contributed by atoms with E-state index >= 15 is 0 Å². The summed E-state index contributed by atoms with van der Waals surface area (Å²) in [7, 11) is 0. The number of carboxylic acids is 1. The number of aliphatic carboxylic acids is 1. The van der Waals surface area contributed by atoms with Crippen molar-refractivity contribution in [1.29, 1.82) is 0 Å². The maximum Gasteiger partial charge on any atom is 0.307 e. The van der Waals surface area contributed by atoms with Crippen molar-refractivity contribution in [2.75, 3.05) is 5.32 Å². The topological polar surface area (TPSA) is 66.4 Å². The van der Waals surface area contributed by atoms with Crippen molar-refractivity contribution in [2.45, 2.75) is 26.7 Å². The van der Waals surface area contributed by atoms with E-state index in [-0.39, 0.29) is 12.3 Å². The summed E-state index contributed by atoms with van der Waals surface area (Å²) < 4.78 is 0. The minimum atomic E-state index is -0.977. The van der Waals surface area contributed by atoms with Gasteiger partial charge in [0.05, 0.1) is 5.92 Å². The SMILES string of the molecule is Cc1cccc(C[C@@H](CC(=O)Nc2cccc(Cl)c2C)C(=O)O)c1. The summed E-state index contributed by atoms with van der Waals surface area (Å²) in [6, 6.07) is 12.9. The Morgan fingerprint density at radius 3 is 2.54 bits per heavy atom. The normalized spacial score (nSPS) is 11.8. The van der Waals surface area contributed by atoms with Crippen molar-refractivity contribution in [1.82, 2.24) is 0 Å². The molecular formula is C19H20ClNO3. The Morgan fingerprint density at radius 2 is 1.88 bits per heavy atom. The van der Waals surface area contributed by atoms with Gasteiger partial charge in [0.25, 0.3) is 0 Å². The Bertz CT molecular complexity index is 758. The number of benzene rings is 2. The van der Waals surface area contributed by atoms with Gasteiger partial charge in [-0.25, -0.2) is 0 Å². The molecule has 0 saturated heterocycles. The van der Waals surface area contributed by atoms with Crippen LogP contribution in [0.3, 0.4) is 0 Å². The summed E-state index contributed by atoms with van der Waals surface area (Å²) in [5, 5.41) is 12.7. The smallest absolute Gasteiger partial charge is 0.307 e. The first-order valence-corrected chi connectivity index (χ1v) is 8.08. The van der Waals surface area contributed by atoms with Crippen LogP contribution in [-0.4, -0.2) is 17.0 Å². The Kier molecular flexibility index (Phi) is 5.99. The second kappa shape index (κ2) is 7.97. The van der Waals surface area contributed by atoms with Crippen molar-refractivity contribution in [3.05, 3.63) is 64.2 Å². The average molecular weight is 346 g/mol. The highest BCUT2D eigenvalue weighted by atomic mass is 35.5. The number of carbonyl (C=O) groups excluding carboxylic acids is 1. The molecule has 0 spiro atoms. The summed E-state index contributed by atoms with van der Waals surface area (Å²) >= 11 is 6.03. The number of aryl methyl sites for hydroxylation is 1. The zero-order valence-electron chi connectivity index (χ0n) is 13.7. The summed E-state index contributed by atoms with van der Waals surface area (Å²) in [4.78, 5) is 23.7. The van der Waals surface area contributed by atoms with Crippen LogP contribution in [0.25, 0.3) is 0 Å². The van der Waals surface area contributed by atoms with Gasteiger partial charge < -0.3 is 10.4 Å². The molecule has 0 aliphatic carbocycles. The van der Waals surface area contributed by atoms with Crippen molar-refractivity contribution in [3.8, 4) is 0 Å². The number of carbonyl (C=O) groups is 2. The molecule has 0 radical (unpaired) electrons. The molecule has 1 atom stereocenters. The first-order valence-electron chi connectivity index (χ1n) is 7.70. The quantitative estimate of drug-likeness (QED) is 0.823. The number of carboxylic acid groups (broad SMARTS) is 1. The monoisotopic (exact) mass is 345 g/mol. The van der Waals surface area contributed by atoms with E-state index in [1.807, 2.05) is 31.2 Å². The predicted molar refractivity (Wildman–Crippen MR) is 95.4 cm³/mol. The number of hydrogen-bond donors (Lipinski definition) is 2. The predicted octanol–water partition coefficient (Wildman–Crippen LogP) is 4.23. The molecule has 126 valence electrons. The minimum absolute atomic E-state index is 0.0881. The maximum absolute atomic E-state index is 12.2. The van der Waals surface area contributed by atoms with Crippen LogP contribution < -0.4 is 5.32 Å². The molecule has 4 nitrogen and oxygen atoms in total. The van der Waals surface area contributed by atoms with Crippen LogP contribution in [0.15, 0.2) is 42.5 Å². The highest BCUT2D eigenvalue weighted by Gasteiger charge is 2.22. The highest BCUT2D eigenvalue weighted by Crippen LogP contribution is 2.23. The van der Waals surface area contributed by atoms with Crippen LogP contribution in [0.1, 0.15) is 23.1 Å². The Morgan fingerprint density at radius 1 is 1.17 bits per heavy atom. The van der Waals surface area contributed by atoms with Crippen LogP contribution in [0.4, 0.5) is 5.69 Å². The number of amides is 1. The number of anilines is 1. The third-order valence-electron chi connectivity index (χ3n) is 3.89. The van der Waals surface area contributed by atoms with Gasteiger partial charge in [-0.05, 0) is 43.5 Å². The first kappa shape index (κ1) is 18.0. The molecule has 0 saturated carbocycles. The molecule has 0 aliphatic heterocycles. The largest absolute Gasteiger partial charge is 0.481 e. The van der Waals surface area contributed by atoms with E-state index in [2.05, 4.69) is 5.32 Å². The van der Waals surface area contributed by atoms with Gasteiger partial charge in [0.2, 0.25) is 5.91 Å². The molecule has 0 aliphatic rings.